The lowest BCUT2D eigenvalue weighted by molar-refractivity contribution is -0.733. The Kier molecular flexibility index (Phi) is 9.43. The largest absolute Gasteiger partial charge is 0.457 e. The van der Waals surface area contributed by atoms with Crippen LogP contribution >= 0.6 is 0 Å². The molecule has 0 saturated heterocycles. The van der Waals surface area contributed by atoms with E-state index in [9.17, 15) is 0 Å². The summed E-state index contributed by atoms with van der Waals surface area (Å²) in [5.74, 6) is 2.44. The van der Waals surface area contributed by atoms with Crippen LogP contribution in [0.2, 0.25) is 0 Å². The Morgan fingerprint density at radius 1 is 0.480 bits per heavy atom. The van der Waals surface area contributed by atoms with E-state index in [4.69, 9.17) is 9.72 Å². The minimum atomic E-state index is -0.792. The standard InChI is InChI=1S/C70H63N4O/c1-65(2,3)45-39-40-71-63(41-45)74-59-34-19-12-25-49(59)50-38-37-48(43-62(50)74)75-47-24-22-23-46(42-47)72-44-73(61-36-21-20-35-60(61)72)70-53-28-13-10-26-51(53)64(52-27-11-14-29-54(52)70)68(66(4,5)6)55-30-15-17-32-57(55)69(70,67(7,8)9)58-33-18-16-31-56(58)68/h10-44,64H,1-9H3/q+1. The summed E-state index contributed by atoms with van der Waals surface area (Å²) >= 11 is 0. The first-order valence-corrected chi connectivity index (χ1v) is 26.8. The Labute approximate surface area is 440 Å². The highest BCUT2D eigenvalue weighted by molar-refractivity contribution is 6.09. The van der Waals surface area contributed by atoms with Crippen molar-refractivity contribution in [2.45, 2.75) is 90.0 Å². The van der Waals surface area contributed by atoms with Gasteiger partial charge in [-0.3, -0.25) is 4.57 Å². The van der Waals surface area contributed by atoms with E-state index >= 15 is 0 Å². The minimum absolute atomic E-state index is 0.0246. The summed E-state index contributed by atoms with van der Waals surface area (Å²) in [5, 5.41) is 2.34. The van der Waals surface area contributed by atoms with Gasteiger partial charge in [0.15, 0.2) is 16.6 Å². The first-order chi connectivity index (χ1) is 36.1. The third-order valence-corrected chi connectivity index (χ3v) is 17.9. The highest BCUT2D eigenvalue weighted by Gasteiger charge is 2.76. The molecule has 0 amide bonds. The van der Waals surface area contributed by atoms with Crippen LogP contribution in [0.15, 0.2) is 213 Å². The molecule has 0 radical (unpaired) electrons. The first kappa shape index (κ1) is 45.6. The molecule has 0 spiro atoms. The third kappa shape index (κ3) is 5.79. The number of nitrogens with zero attached hydrogens (tertiary/aromatic N) is 4. The van der Waals surface area contributed by atoms with Gasteiger partial charge < -0.3 is 4.74 Å². The second kappa shape index (κ2) is 15.5. The van der Waals surface area contributed by atoms with Crippen molar-refractivity contribution in [1.29, 1.82) is 0 Å². The highest BCUT2D eigenvalue weighted by atomic mass is 16.5. The molecule has 5 heteroatoms. The molecule has 4 bridgehead atoms. The van der Waals surface area contributed by atoms with Gasteiger partial charge >= 0.3 is 0 Å². The quantitative estimate of drug-likeness (QED) is 0.161. The predicted molar refractivity (Wildman–Crippen MR) is 305 cm³/mol. The predicted octanol–water partition coefficient (Wildman–Crippen LogP) is 16.4. The maximum absolute atomic E-state index is 6.98. The van der Waals surface area contributed by atoms with E-state index in [2.05, 4.69) is 283 Å². The fraction of sp³-hybridized carbons (Fsp3) is 0.229. The van der Waals surface area contributed by atoms with Gasteiger partial charge in [0.05, 0.1) is 16.4 Å². The van der Waals surface area contributed by atoms with E-state index in [1.807, 2.05) is 6.20 Å². The molecule has 17 rings (SSSR count). The number of hydrogen-bond donors (Lipinski definition) is 0. The molecule has 11 aromatic rings. The SMILES string of the molecule is CC(C)(C)c1ccnc(-n2c3ccccc3c3ccc(Oc4cccc(-n5c[n+](C67c8ccccc8C(c8ccccc86)C6(C(C)(C)C)c8ccccc8C7(C(C)(C)C)c7ccccc76)c6ccccc65)c4)cc32)c1. The molecule has 0 saturated carbocycles. The van der Waals surface area contributed by atoms with Gasteiger partial charge in [-0.1, -0.05) is 196 Å². The van der Waals surface area contributed by atoms with Gasteiger partial charge in [-0.05, 0) is 110 Å². The van der Waals surface area contributed by atoms with Crippen LogP contribution in [0.25, 0.3) is 44.3 Å². The molecular weight excluding hydrogens is 913 g/mol. The lowest BCUT2D eigenvalue weighted by Gasteiger charge is -2.69. The zero-order chi connectivity index (χ0) is 51.4. The smallest absolute Gasteiger partial charge is 0.251 e. The molecule has 3 heterocycles. The van der Waals surface area contributed by atoms with Crippen LogP contribution in [-0.2, 0) is 21.8 Å². The van der Waals surface area contributed by atoms with Crippen LogP contribution in [0.5, 0.6) is 11.5 Å². The normalized spacial score (nSPS) is 20.6. The summed E-state index contributed by atoms with van der Waals surface area (Å²) in [6.45, 7) is 21.7. The second-order valence-electron chi connectivity index (χ2n) is 24.6. The molecule has 5 nitrogen and oxygen atoms in total. The number of benzene rings is 8. The molecule has 3 aromatic heterocycles. The van der Waals surface area contributed by atoms with Crippen molar-refractivity contribution in [3.63, 3.8) is 0 Å². The number of pyridine rings is 1. The second-order valence-corrected chi connectivity index (χ2v) is 24.6. The first-order valence-electron chi connectivity index (χ1n) is 26.8. The summed E-state index contributed by atoms with van der Waals surface area (Å²) in [7, 11) is 0. The van der Waals surface area contributed by atoms with E-state index in [-0.39, 0.29) is 22.2 Å². The highest BCUT2D eigenvalue weighted by Crippen LogP contribution is 2.76. The topological polar surface area (TPSA) is 35.9 Å². The van der Waals surface area contributed by atoms with Gasteiger partial charge in [-0.15, -0.1) is 0 Å². The molecule has 368 valence electrons. The van der Waals surface area contributed by atoms with Crippen molar-refractivity contribution in [1.82, 2.24) is 14.1 Å². The summed E-state index contributed by atoms with van der Waals surface area (Å²) in [6, 6.07) is 75.3. The van der Waals surface area contributed by atoms with Gasteiger partial charge in [0.2, 0.25) is 0 Å². The van der Waals surface area contributed by atoms with Crippen molar-refractivity contribution in [3.8, 4) is 23.0 Å². The minimum Gasteiger partial charge on any atom is -0.457 e. The summed E-state index contributed by atoms with van der Waals surface area (Å²) in [4.78, 5) is 4.95. The number of para-hydroxylation sites is 3. The van der Waals surface area contributed by atoms with Crippen LogP contribution in [-0.4, -0.2) is 14.1 Å². The molecule has 75 heavy (non-hydrogen) atoms. The number of hydrogen-bond acceptors (Lipinski definition) is 2. The molecule has 0 unspecified atom stereocenters. The average molecular weight is 976 g/mol. The van der Waals surface area contributed by atoms with E-state index in [0.29, 0.717) is 0 Å². The Balaban J connectivity index is 1.01. The molecule has 6 aliphatic rings. The maximum atomic E-state index is 6.98. The summed E-state index contributed by atoms with van der Waals surface area (Å²) < 4.78 is 14.4. The van der Waals surface area contributed by atoms with Gasteiger partial charge in [0.1, 0.15) is 23.0 Å². The maximum Gasteiger partial charge on any atom is 0.251 e. The van der Waals surface area contributed by atoms with Gasteiger partial charge in [0.25, 0.3) is 6.33 Å². The zero-order valence-electron chi connectivity index (χ0n) is 44.5. The molecule has 0 aliphatic heterocycles. The molecular formula is C70H63N4O+. The van der Waals surface area contributed by atoms with E-state index in [1.165, 1.54) is 55.5 Å². The van der Waals surface area contributed by atoms with E-state index in [1.54, 1.807) is 0 Å². The summed E-state index contributed by atoms with van der Waals surface area (Å²) in [5.41, 5.74) is 15.5. The Morgan fingerprint density at radius 2 is 1.04 bits per heavy atom. The number of rotatable bonds is 5. The van der Waals surface area contributed by atoms with Gasteiger partial charge in [-0.2, -0.15) is 4.57 Å². The summed E-state index contributed by atoms with van der Waals surface area (Å²) in [6.07, 6.45) is 4.36. The van der Waals surface area contributed by atoms with Crippen LogP contribution in [0.3, 0.4) is 0 Å². The number of imidazole rings is 1. The fourth-order valence-corrected chi connectivity index (χ4v) is 15.4. The zero-order valence-corrected chi connectivity index (χ0v) is 44.5. The number of ether oxygens (including phenoxy) is 1. The Morgan fingerprint density at radius 3 is 1.68 bits per heavy atom. The van der Waals surface area contributed by atoms with Gasteiger partial charge in [0, 0.05) is 51.6 Å². The van der Waals surface area contributed by atoms with Crippen molar-refractivity contribution in [2.75, 3.05) is 0 Å². The van der Waals surface area contributed by atoms with Crippen LogP contribution < -0.4 is 9.30 Å². The fourth-order valence-electron chi connectivity index (χ4n) is 15.4. The molecule has 0 N–H and O–H groups in total. The molecule has 0 atom stereocenters. The Hall–Kier alpha value is -8.02. The van der Waals surface area contributed by atoms with Crippen molar-refractivity contribution in [3.05, 3.63) is 263 Å². The molecule has 8 aromatic carbocycles. The monoisotopic (exact) mass is 975 g/mol. The Bertz CT molecular complexity index is 4050. The van der Waals surface area contributed by atoms with Crippen LogP contribution in [0, 0.1) is 10.8 Å². The lowest BCUT2D eigenvalue weighted by Crippen LogP contribution is -2.77. The average Bonchev–Trinajstić information content (AvgIpc) is 3.96. The van der Waals surface area contributed by atoms with Crippen molar-refractivity contribution < 1.29 is 9.30 Å². The molecule has 6 aliphatic carbocycles. The van der Waals surface area contributed by atoms with Crippen molar-refractivity contribution in [2.24, 2.45) is 10.8 Å². The van der Waals surface area contributed by atoms with Crippen LogP contribution in [0.4, 0.5) is 0 Å². The molecule has 0 fully saturated rings. The van der Waals surface area contributed by atoms with Crippen molar-refractivity contribution >= 4 is 32.8 Å². The lowest BCUT2D eigenvalue weighted by atomic mass is 9.33. The van der Waals surface area contributed by atoms with Gasteiger partial charge in [-0.25, -0.2) is 9.55 Å². The third-order valence-electron chi connectivity index (χ3n) is 17.9. The van der Waals surface area contributed by atoms with E-state index < -0.39 is 16.4 Å². The number of aromatic nitrogens is 4. The number of fused-ring (bicyclic) bond motifs is 4. The van der Waals surface area contributed by atoms with E-state index in [0.717, 1.165) is 50.5 Å². The van der Waals surface area contributed by atoms with Crippen LogP contribution in [0.1, 0.15) is 118 Å².